The molecule has 1 aromatic heterocycles. The first kappa shape index (κ1) is 15.2. The zero-order chi connectivity index (χ0) is 16.5. The minimum Gasteiger partial charge on any atom is -0.489 e. The average molecular weight is 334 g/mol. The predicted octanol–water partition coefficient (Wildman–Crippen LogP) is 5.30. The van der Waals surface area contributed by atoms with Crippen LogP contribution in [0.1, 0.15) is 33.3 Å². The molecule has 1 aliphatic carbocycles. The number of carbonyl (C=O) groups is 1. The van der Waals surface area contributed by atoms with Crippen LogP contribution in [-0.2, 0) is 19.4 Å². The molecule has 1 heterocycles. The Labute approximate surface area is 145 Å². The molecular formula is C21H18O2S. The van der Waals surface area contributed by atoms with Crippen LogP contribution in [0.5, 0.6) is 5.75 Å². The lowest BCUT2D eigenvalue weighted by molar-refractivity contribution is 0.102. The number of thiophene rings is 1. The highest BCUT2D eigenvalue weighted by atomic mass is 32.1. The van der Waals surface area contributed by atoms with Crippen LogP contribution in [0.4, 0.5) is 0 Å². The fraction of sp³-hybridized carbons (Fsp3) is 0.190. The predicted molar refractivity (Wildman–Crippen MR) is 97.9 cm³/mol. The van der Waals surface area contributed by atoms with Gasteiger partial charge in [-0.15, -0.1) is 11.3 Å². The molecule has 0 fully saturated rings. The average Bonchev–Trinajstić information content (AvgIpc) is 3.06. The van der Waals surface area contributed by atoms with E-state index in [1.807, 2.05) is 30.3 Å². The van der Waals surface area contributed by atoms with Crippen molar-refractivity contribution < 1.29 is 9.53 Å². The summed E-state index contributed by atoms with van der Waals surface area (Å²) in [4.78, 5) is 13.8. The van der Waals surface area contributed by atoms with E-state index in [0.717, 1.165) is 23.5 Å². The van der Waals surface area contributed by atoms with Crippen LogP contribution in [0.3, 0.4) is 0 Å². The minimum absolute atomic E-state index is 0.146. The van der Waals surface area contributed by atoms with Gasteiger partial charge >= 0.3 is 0 Å². The van der Waals surface area contributed by atoms with Gasteiger partial charge in [0.15, 0.2) is 5.78 Å². The van der Waals surface area contributed by atoms with Gasteiger partial charge in [0.1, 0.15) is 12.4 Å². The summed E-state index contributed by atoms with van der Waals surface area (Å²) in [6.45, 7) is 2.21. The third kappa shape index (κ3) is 2.76. The standard InChI is InChI=1S/C21H18O2S/c1-14(22)20-12-16-10-11-17-18(21(16)24-20)8-5-9-19(17)23-13-15-6-3-2-4-7-15/h2-9,12H,10-11,13H2,1H3. The van der Waals surface area contributed by atoms with Crippen LogP contribution in [0, 0.1) is 0 Å². The van der Waals surface area contributed by atoms with E-state index in [2.05, 4.69) is 24.3 Å². The molecule has 1 aliphatic rings. The van der Waals surface area contributed by atoms with Crippen LogP contribution in [0.25, 0.3) is 10.4 Å². The summed E-state index contributed by atoms with van der Waals surface area (Å²) in [5.74, 6) is 1.10. The first-order chi connectivity index (χ1) is 11.7. The summed E-state index contributed by atoms with van der Waals surface area (Å²) in [5, 5.41) is 0. The topological polar surface area (TPSA) is 26.3 Å². The van der Waals surface area contributed by atoms with Crippen molar-refractivity contribution in [2.75, 3.05) is 0 Å². The Morgan fingerprint density at radius 1 is 1.08 bits per heavy atom. The summed E-state index contributed by atoms with van der Waals surface area (Å²) in [5.41, 5.74) is 4.94. The monoisotopic (exact) mass is 334 g/mol. The summed E-state index contributed by atoms with van der Waals surface area (Å²) in [6.07, 6.45) is 1.93. The maximum Gasteiger partial charge on any atom is 0.169 e. The first-order valence-corrected chi connectivity index (χ1v) is 8.96. The van der Waals surface area contributed by atoms with Crippen molar-refractivity contribution >= 4 is 17.1 Å². The Morgan fingerprint density at radius 3 is 2.71 bits per heavy atom. The van der Waals surface area contributed by atoms with E-state index in [1.165, 1.54) is 27.1 Å². The maximum absolute atomic E-state index is 11.7. The van der Waals surface area contributed by atoms with E-state index in [-0.39, 0.29) is 5.78 Å². The molecule has 4 rings (SSSR count). The zero-order valence-electron chi connectivity index (χ0n) is 13.5. The highest BCUT2D eigenvalue weighted by Crippen LogP contribution is 2.42. The molecule has 0 spiro atoms. The Bertz CT molecular complexity index is 893. The molecule has 3 aromatic rings. The quantitative estimate of drug-likeness (QED) is 0.606. The van der Waals surface area contributed by atoms with Crippen LogP contribution < -0.4 is 4.74 Å². The van der Waals surface area contributed by atoms with Crippen molar-refractivity contribution in [3.8, 4) is 16.2 Å². The smallest absolute Gasteiger partial charge is 0.169 e. The van der Waals surface area contributed by atoms with Crippen molar-refractivity contribution in [3.63, 3.8) is 0 Å². The minimum atomic E-state index is 0.146. The third-order valence-corrected chi connectivity index (χ3v) is 5.73. The van der Waals surface area contributed by atoms with Crippen LogP contribution in [0.15, 0.2) is 54.6 Å². The summed E-state index contributed by atoms with van der Waals surface area (Å²) in [7, 11) is 0. The number of ketones is 1. The second-order valence-corrected chi connectivity index (χ2v) is 7.13. The highest BCUT2D eigenvalue weighted by molar-refractivity contribution is 7.17. The van der Waals surface area contributed by atoms with Crippen LogP contribution in [-0.4, -0.2) is 5.78 Å². The molecule has 0 saturated heterocycles. The Hall–Kier alpha value is -2.39. The zero-order valence-corrected chi connectivity index (χ0v) is 14.4. The molecule has 0 atom stereocenters. The molecule has 0 saturated carbocycles. The highest BCUT2D eigenvalue weighted by Gasteiger charge is 2.22. The van der Waals surface area contributed by atoms with E-state index in [0.29, 0.717) is 6.61 Å². The number of ether oxygens (including phenoxy) is 1. The van der Waals surface area contributed by atoms with Gasteiger partial charge in [-0.2, -0.15) is 0 Å². The molecule has 3 heteroatoms. The largest absolute Gasteiger partial charge is 0.489 e. The fourth-order valence-electron chi connectivity index (χ4n) is 3.18. The fourth-order valence-corrected chi connectivity index (χ4v) is 4.34. The summed E-state index contributed by atoms with van der Waals surface area (Å²) >= 11 is 1.60. The number of rotatable bonds is 4. The molecule has 2 aromatic carbocycles. The number of Topliss-reactive ketones (excluding diaryl/α,β-unsaturated/α-hetero) is 1. The molecule has 2 nitrogen and oxygen atoms in total. The number of hydrogen-bond donors (Lipinski definition) is 0. The van der Waals surface area contributed by atoms with E-state index in [1.54, 1.807) is 18.3 Å². The molecule has 0 aliphatic heterocycles. The van der Waals surface area contributed by atoms with Crippen molar-refractivity contribution in [1.82, 2.24) is 0 Å². The van der Waals surface area contributed by atoms with Crippen molar-refractivity contribution in [1.29, 1.82) is 0 Å². The first-order valence-electron chi connectivity index (χ1n) is 8.15. The molecule has 24 heavy (non-hydrogen) atoms. The van der Waals surface area contributed by atoms with Gasteiger partial charge in [0.25, 0.3) is 0 Å². The van der Waals surface area contributed by atoms with E-state index in [9.17, 15) is 4.79 Å². The van der Waals surface area contributed by atoms with Gasteiger partial charge in [-0.1, -0.05) is 42.5 Å². The van der Waals surface area contributed by atoms with Crippen molar-refractivity contribution in [2.45, 2.75) is 26.4 Å². The number of aryl methyl sites for hydroxylation is 1. The van der Waals surface area contributed by atoms with Crippen LogP contribution >= 0.6 is 11.3 Å². The van der Waals surface area contributed by atoms with E-state index >= 15 is 0 Å². The summed E-state index contributed by atoms with van der Waals surface area (Å²) < 4.78 is 6.10. The Morgan fingerprint density at radius 2 is 1.92 bits per heavy atom. The third-order valence-electron chi connectivity index (χ3n) is 4.42. The number of hydrogen-bond acceptors (Lipinski definition) is 3. The number of fused-ring (bicyclic) bond motifs is 3. The van der Waals surface area contributed by atoms with Gasteiger partial charge in [-0.25, -0.2) is 0 Å². The number of carbonyl (C=O) groups excluding carboxylic acids is 1. The maximum atomic E-state index is 11.7. The molecule has 0 amide bonds. The van der Waals surface area contributed by atoms with Gasteiger partial charge < -0.3 is 4.74 Å². The van der Waals surface area contributed by atoms with Gasteiger partial charge in [-0.3, -0.25) is 4.79 Å². The summed E-state index contributed by atoms with van der Waals surface area (Å²) in [6, 6.07) is 18.5. The molecule has 0 bridgehead atoms. The molecule has 0 unspecified atom stereocenters. The lowest BCUT2D eigenvalue weighted by Crippen LogP contribution is -2.05. The van der Waals surface area contributed by atoms with Crippen molar-refractivity contribution in [3.05, 3.63) is 76.2 Å². The lowest BCUT2D eigenvalue weighted by atomic mass is 9.90. The lowest BCUT2D eigenvalue weighted by Gasteiger charge is -2.20. The Kier molecular flexibility index (Phi) is 3.95. The second-order valence-electron chi connectivity index (χ2n) is 6.08. The molecule has 0 N–H and O–H groups in total. The Balaban J connectivity index is 1.66. The normalized spacial score (nSPS) is 12.4. The van der Waals surface area contributed by atoms with E-state index in [4.69, 9.17) is 4.74 Å². The van der Waals surface area contributed by atoms with E-state index < -0.39 is 0 Å². The number of benzene rings is 2. The van der Waals surface area contributed by atoms with Gasteiger partial charge in [0.05, 0.1) is 4.88 Å². The molecule has 0 radical (unpaired) electrons. The van der Waals surface area contributed by atoms with Crippen LogP contribution in [0.2, 0.25) is 0 Å². The SMILES string of the molecule is CC(=O)c1cc2c(s1)-c1cccc(OCc3ccccc3)c1CC2. The van der Waals surface area contributed by atoms with Crippen molar-refractivity contribution in [2.24, 2.45) is 0 Å². The molecular weight excluding hydrogens is 316 g/mol. The van der Waals surface area contributed by atoms with Gasteiger partial charge in [0.2, 0.25) is 0 Å². The van der Waals surface area contributed by atoms with Gasteiger partial charge in [0, 0.05) is 10.4 Å². The molecule has 120 valence electrons. The van der Waals surface area contributed by atoms with Gasteiger partial charge in [-0.05, 0) is 48.6 Å². The second kappa shape index (κ2) is 6.25.